The number of hydrogen-bond donors (Lipinski definition) is 1. The summed E-state index contributed by atoms with van der Waals surface area (Å²) in [5.74, 6) is 0.754. The number of aromatic amines is 1. The zero-order valence-corrected chi connectivity index (χ0v) is 10.3. The number of ether oxygens (including phenoxy) is 1. The maximum absolute atomic E-state index is 5.32. The van der Waals surface area contributed by atoms with Crippen LogP contribution in [0.1, 0.15) is 6.92 Å². The number of nitrogens with zero attached hydrogens (tertiary/aromatic N) is 4. The van der Waals surface area contributed by atoms with E-state index in [1.54, 1.807) is 12.4 Å². The Bertz CT molecular complexity index is 521. The first-order valence-electron chi connectivity index (χ1n) is 5.33. The molecular weight excluding hydrogens is 238 g/mol. The lowest BCUT2D eigenvalue weighted by atomic mass is 10.3. The van der Waals surface area contributed by atoms with Crippen molar-refractivity contribution in [3.63, 3.8) is 0 Å². The summed E-state index contributed by atoms with van der Waals surface area (Å²) < 4.78 is 7.79. The monoisotopic (exact) mass is 251 g/mol. The largest absolute Gasteiger partial charge is 0.380 e. The van der Waals surface area contributed by atoms with Gasteiger partial charge in [0.2, 0.25) is 0 Å². The van der Waals surface area contributed by atoms with Crippen LogP contribution in [0.25, 0.3) is 11.4 Å². The van der Waals surface area contributed by atoms with E-state index in [0.29, 0.717) is 24.5 Å². The average molecular weight is 251 g/mol. The number of H-pyrrole nitrogens is 1. The Balaban J connectivity index is 2.26. The van der Waals surface area contributed by atoms with Gasteiger partial charge in [0.15, 0.2) is 10.6 Å². The van der Waals surface area contributed by atoms with Crippen molar-refractivity contribution in [2.45, 2.75) is 13.5 Å². The van der Waals surface area contributed by atoms with Crippen LogP contribution in [0.5, 0.6) is 0 Å². The van der Waals surface area contributed by atoms with Gasteiger partial charge < -0.3 is 4.74 Å². The molecule has 0 bridgehead atoms. The first-order chi connectivity index (χ1) is 8.33. The van der Waals surface area contributed by atoms with E-state index >= 15 is 0 Å². The zero-order valence-electron chi connectivity index (χ0n) is 9.46. The van der Waals surface area contributed by atoms with Gasteiger partial charge in [0.1, 0.15) is 0 Å². The van der Waals surface area contributed by atoms with Crippen LogP contribution in [0.15, 0.2) is 18.5 Å². The normalized spacial score (nSPS) is 10.6. The van der Waals surface area contributed by atoms with Crippen molar-refractivity contribution in [1.82, 2.24) is 25.0 Å². The average Bonchev–Trinajstić information content (AvgIpc) is 2.73. The zero-order chi connectivity index (χ0) is 12.1. The van der Waals surface area contributed by atoms with E-state index in [1.807, 2.05) is 17.6 Å². The van der Waals surface area contributed by atoms with Gasteiger partial charge in [-0.15, -0.1) is 0 Å². The summed E-state index contributed by atoms with van der Waals surface area (Å²) in [4.78, 5) is 0. The van der Waals surface area contributed by atoms with Gasteiger partial charge in [0.05, 0.1) is 25.5 Å². The quantitative estimate of drug-likeness (QED) is 0.643. The molecule has 0 aliphatic heterocycles. The van der Waals surface area contributed by atoms with Crippen LogP contribution in [0, 0.1) is 4.77 Å². The second-order valence-electron chi connectivity index (χ2n) is 3.33. The highest BCUT2D eigenvalue weighted by atomic mass is 32.1. The molecule has 0 saturated heterocycles. The minimum Gasteiger partial charge on any atom is -0.380 e. The molecule has 2 heterocycles. The molecule has 90 valence electrons. The minimum atomic E-state index is 0.580. The fourth-order valence-electron chi connectivity index (χ4n) is 1.47. The lowest BCUT2D eigenvalue weighted by Gasteiger charge is -2.06. The van der Waals surface area contributed by atoms with Gasteiger partial charge >= 0.3 is 0 Å². The highest BCUT2D eigenvalue weighted by Crippen LogP contribution is 2.14. The fraction of sp³-hybridized carbons (Fsp3) is 0.400. The van der Waals surface area contributed by atoms with Crippen LogP contribution < -0.4 is 0 Å². The first-order valence-corrected chi connectivity index (χ1v) is 5.73. The summed E-state index contributed by atoms with van der Waals surface area (Å²) in [7, 11) is 0. The van der Waals surface area contributed by atoms with Gasteiger partial charge in [-0.25, -0.2) is 0 Å². The van der Waals surface area contributed by atoms with Crippen molar-refractivity contribution in [3.8, 4) is 11.4 Å². The maximum atomic E-state index is 5.32. The predicted octanol–water partition coefficient (Wildman–Crippen LogP) is 1.43. The van der Waals surface area contributed by atoms with Crippen LogP contribution in [-0.4, -0.2) is 38.2 Å². The molecule has 2 aromatic heterocycles. The second kappa shape index (κ2) is 5.65. The Hall–Kier alpha value is -1.60. The molecule has 0 unspecified atom stereocenters. The topological polar surface area (TPSA) is 68.6 Å². The molecule has 0 aliphatic rings. The van der Waals surface area contributed by atoms with Gasteiger partial charge in [-0.2, -0.15) is 15.3 Å². The van der Waals surface area contributed by atoms with Crippen LogP contribution in [0.2, 0.25) is 0 Å². The van der Waals surface area contributed by atoms with Crippen molar-refractivity contribution in [2.24, 2.45) is 0 Å². The Morgan fingerprint density at radius 1 is 1.47 bits per heavy atom. The molecule has 0 atom stereocenters. The third-order valence-corrected chi connectivity index (χ3v) is 2.58. The molecule has 1 N–H and O–H groups in total. The van der Waals surface area contributed by atoms with Crippen molar-refractivity contribution >= 4 is 12.2 Å². The molecule has 17 heavy (non-hydrogen) atoms. The smallest absolute Gasteiger partial charge is 0.195 e. The number of rotatable bonds is 5. The lowest BCUT2D eigenvalue weighted by Crippen LogP contribution is -2.07. The van der Waals surface area contributed by atoms with E-state index in [2.05, 4.69) is 20.4 Å². The van der Waals surface area contributed by atoms with Crippen molar-refractivity contribution < 1.29 is 4.74 Å². The molecule has 0 aliphatic carbocycles. The van der Waals surface area contributed by atoms with Crippen LogP contribution in [0.4, 0.5) is 0 Å². The molecule has 0 aromatic carbocycles. The fourth-order valence-corrected chi connectivity index (χ4v) is 1.69. The van der Waals surface area contributed by atoms with E-state index < -0.39 is 0 Å². The van der Waals surface area contributed by atoms with Gasteiger partial charge in [-0.3, -0.25) is 9.67 Å². The highest BCUT2D eigenvalue weighted by molar-refractivity contribution is 7.71. The summed E-state index contributed by atoms with van der Waals surface area (Å²) >= 11 is 5.18. The first kappa shape index (κ1) is 11.9. The summed E-state index contributed by atoms with van der Waals surface area (Å²) in [6.45, 7) is 3.93. The second-order valence-corrected chi connectivity index (χ2v) is 3.72. The summed E-state index contributed by atoms with van der Waals surface area (Å²) in [6, 6.07) is 1.84. The maximum Gasteiger partial charge on any atom is 0.195 e. The Labute approximate surface area is 104 Å². The molecule has 0 saturated carbocycles. The van der Waals surface area contributed by atoms with E-state index in [4.69, 9.17) is 17.0 Å². The third-order valence-electron chi connectivity index (χ3n) is 2.26. The lowest BCUT2D eigenvalue weighted by molar-refractivity contribution is 0.139. The van der Waals surface area contributed by atoms with E-state index in [0.717, 1.165) is 11.4 Å². The predicted molar refractivity (Wildman–Crippen MR) is 64.9 cm³/mol. The summed E-state index contributed by atoms with van der Waals surface area (Å²) in [5.41, 5.74) is 0.879. The van der Waals surface area contributed by atoms with Gasteiger partial charge in [-0.1, -0.05) is 0 Å². The number of hydrogen-bond acceptors (Lipinski definition) is 5. The molecule has 7 heteroatoms. The molecular formula is C10H13N5OS. The van der Waals surface area contributed by atoms with Crippen LogP contribution in [0.3, 0.4) is 0 Å². The number of aromatic nitrogens is 5. The molecule has 0 fully saturated rings. The molecule has 2 aromatic rings. The third kappa shape index (κ3) is 2.75. The van der Waals surface area contributed by atoms with Crippen LogP contribution >= 0.6 is 12.2 Å². The Morgan fingerprint density at radius 3 is 3.06 bits per heavy atom. The standard InChI is InChI=1S/C10H13N5OS/c1-2-16-6-5-15-9(13-14-10(15)17)8-3-4-11-12-7-8/h3-4,7H,2,5-6H2,1H3,(H,14,17). The SMILES string of the molecule is CCOCCn1c(-c2ccnnc2)n[nH]c1=S. The van der Waals surface area contributed by atoms with Crippen molar-refractivity contribution in [1.29, 1.82) is 0 Å². The Morgan fingerprint density at radius 2 is 2.35 bits per heavy atom. The van der Waals surface area contributed by atoms with E-state index in [1.165, 1.54) is 0 Å². The molecule has 2 rings (SSSR count). The van der Waals surface area contributed by atoms with Gasteiger partial charge in [-0.05, 0) is 25.2 Å². The van der Waals surface area contributed by atoms with Crippen molar-refractivity contribution in [2.75, 3.05) is 13.2 Å². The van der Waals surface area contributed by atoms with E-state index in [9.17, 15) is 0 Å². The van der Waals surface area contributed by atoms with Crippen molar-refractivity contribution in [3.05, 3.63) is 23.2 Å². The van der Waals surface area contributed by atoms with E-state index in [-0.39, 0.29) is 0 Å². The molecule has 6 nitrogen and oxygen atoms in total. The highest BCUT2D eigenvalue weighted by Gasteiger charge is 2.08. The number of nitrogens with one attached hydrogen (secondary N) is 1. The molecule has 0 radical (unpaired) electrons. The van der Waals surface area contributed by atoms with Gasteiger partial charge in [0.25, 0.3) is 0 Å². The van der Waals surface area contributed by atoms with Gasteiger partial charge in [0, 0.05) is 12.2 Å². The summed E-state index contributed by atoms with van der Waals surface area (Å²) in [5, 5.41) is 14.5. The van der Waals surface area contributed by atoms with Crippen LogP contribution in [-0.2, 0) is 11.3 Å². The summed E-state index contributed by atoms with van der Waals surface area (Å²) in [6.07, 6.45) is 3.28. The minimum absolute atomic E-state index is 0.580. The molecule has 0 spiro atoms. The Kier molecular flexibility index (Phi) is 3.94. The molecule has 0 amide bonds.